The van der Waals surface area contributed by atoms with Crippen molar-refractivity contribution in [3.8, 4) is 5.75 Å². The summed E-state index contributed by atoms with van der Waals surface area (Å²) in [6, 6.07) is 7.82. The van der Waals surface area contributed by atoms with Crippen LogP contribution in [0.5, 0.6) is 5.75 Å². The fraction of sp³-hybridized carbons (Fsp3) is 0.0833. The average molecular weight is 422 g/mol. The maximum absolute atomic E-state index is 5.75. The average Bonchev–Trinajstić information content (AvgIpc) is 2.28. The molecule has 1 aromatic heterocycles. The first-order chi connectivity index (χ1) is 8.16. The van der Waals surface area contributed by atoms with Crippen molar-refractivity contribution in [3.05, 3.63) is 55.6 Å². The van der Waals surface area contributed by atoms with Gasteiger partial charge in [0, 0.05) is 22.4 Å². The third kappa shape index (κ3) is 3.53. The second-order valence-corrected chi connectivity index (χ2v) is 5.98. The molecule has 0 fully saturated rings. The van der Waals surface area contributed by atoms with Gasteiger partial charge in [0.2, 0.25) is 0 Å². The molecule has 2 rings (SSSR count). The number of nitrogens with zero attached hydrogens (tertiary/aromatic N) is 1. The monoisotopic (exact) mass is 419 g/mol. The van der Waals surface area contributed by atoms with Crippen LogP contribution >= 0.6 is 47.8 Å². The SMILES string of the molecule is Brc1cncc(COc2c(Br)cccc2Br)c1. The molecule has 0 aliphatic carbocycles. The van der Waals surface area contributed by atoms with Crippen molar-refractivity contribution in [2.24, 2.45) is 0 Å². The lowest BCUT2D eigenvalue weighted by Gasteiger charge is -2.10. The maximum atomic E-state index is 5.75. The van der Waals surface area contributed by atoms with Gasteiger partial charge in [-0.1, -0.05) is 6.07 Å². The highest BCUT2D eigenvalue weighted by molar-refractivity contribution is 9.11. The van der Waals surface area contributed by atoms with Crippen molar-refractivity contribution in [1.82, 2.24) is 4.98 Å². The van der Waals surface area contributed by atoms with Gasteiger partial charge in [-0.25, -0.2) is 0 Å². The van der Waals surface area contributed by atoms with Gasteiger partial charge in [-0.05, 0) is 66.0 Å². The lowest BCUT2D eigenvalue weighted by Crippen LogP contribution is -1.97. The summed E-state index contributed by atoms with van der Waals surface area (Å²) in [4.78, 5) is 4.09. The highest BCUT2D eigenvalue weighted by atomic mass is 79.9. The molecule has 88 valence electrons. The van der Waals surface area contributed by atoms with E-state index in [9.17, 15) is 0 Å². The zero-order valence-corrected chi connectivity index (χ0v) is 13.4. The number of pyridine rings is 1. The van der Waals surface area contributed by atoms with E-state index in [1.54, 1.807) is 12.4 Å². The Kier molecular flexibility index (Phi) is 4.59. The second-order valence-electron chi connectivity index (χ2n) is 3.35. The molecule has 0 atom stereocenters. The van der Waals surface area contributed by atoms with Crippen molar-refractivity contribution in [2.75, 3.05) is 0 Å². The van der Waals surface area contributed by atoms with Crippen LogP contribution in [0.4, 0.5) is 0 Å². The van der Waals surface area contributed by atoms with Gasteiger partial charge in [0.1, 0.15) is 12.4 Å². The van der Waals surface area contributed by atoms with Crippen LogP contribution in [0, 0.1) is 0 Å². The maximum Gasteiger partial charge on any atom is 0.148 e. The Labute approximate surface area is 125 Å². The van der Waals surface area contributed by atoms with Gasteiger partial charge in [0.25, 0.3) is 0 Å². The third-order valence-electron chi connectivity index (χ3n) is 2.06. The van der Waals surface area contributed by atoms with Crippen LogP contribution < -0.4 is 4.74 Å². The first-order valence-corrected chi connectivity index (χ1v) is 7.21. The molecule has 0 spiro atoms. The van der Waals surface area contributed by atoms with Crippen molar-refractivity contribution in [2.45, 2.75) is 6.61 Å². The number of rotatable bonds is 3. The van der Waals surface area contributed by atoms with E-state index in [-0.39, 0.29) is 0 Å². The van der Waals surface area contributed by atoms with E-state index in [2.05, 4.69) is 52.8 Å². The highest BCUT2D eigenvalue weighted by Crippen LogP contribution is 2.33. The predicted molar refractivity (Wildman–Crippen MR) is 78.1 cm³/mol. The molecule has 2 aromatic rings. The lowest BCUT2D eigenvalue weighted by atomic mass is 10.3. The van der Waals surface area contributed by atoms with E-state index in [0.29, 0.717) is 6.61 Å². The quantitative estimate of drug-likeness (QED) is 0.699. The minimum Gasteiger partial charge on any atom is -0.486 e. The van der Waals surface area contributed by atoms with E-state index >= 15 is 0 Å². The molecule has 0 N–H and O–H groups in total. The highest BCUT2D eigenvalue weighted by Gasteiger charge is 2.06. The van der Waals surface area contributed by atoms with Gasteiger partial charge in [-0.3, -0.25) is 4.98 Å². The topological polar surface area (TPSA) is 22.1 Å². The standard InChI is InChI=1S/C12H8Br3NO/c13-9-4-8(5-16-6-9)7-17-12-10(14)2-1-3-11(12)15/h1-6H,7H2. The second kappa shape index (κ2) is 5.98. The Morgan fingerprint density at radius 2 is 1.76 bits per heavy atom. The van der Waals surface area contributed by atoms with Gasteiger partial charge < -0.3 is 4.74 Å². The molecule has 0 aliphatic rings. The van der Waals surface area contributed by atoms with Crippen molar-refractivity contribution >= 4 is 47.8 Å². The van der Waals surface area contributed by atoms with Gasteiger partial charge >= 0.3 is 0 Å². The number of benzene rings is 1. The molecular weight excluding hydrogens is 414 g/mol. The van der Waals surface area contributed by atoms with Crippen molar-refractivity contribution < 1.29 is 4.74 Å². The molecule has 0 saturated carbocycles. The molecule has 5 heteroatoms. The Balaban J connectivity index is 2.13. The van der Waals surface area contributed by atoms with Gasteiger partial charge in [-0.2, -0.15) is 0 Å². The normalized spacial score (nSPS) is 10.3. The summed E-state index contributed by atoms with van der Waals surface area (Å²) in [6.45, 7) is 0.480. The van der Waals surface area contributed by atoms with E-state index in [0.717, 1.165) is 24.7 Å². The van der Waals surface area contributed by atoms with Crippen LogP contribution in [0.2, 0.25) is 0 Å². The number of ether oxygens (including phenoxy) is 1. The molecule has 1 heterocycles. The van der Waals surface area contributed by atoms with Crippen LogP contribution in [0.1, 0.15) is 5.56 Å². The molecular formula is C12H8Br3NO. The summed E-state index contributed by atoms with van der Waals surface area (Å²) < 4.78 is 8.55. The fourth-order valence-electron chi connectivity index (χ4n) is 1.31. The molecule has 0 saturated heterocycles. The minimum atomic E-state index is 0.480. The molecule has 0 amide bonds. The van der Waals surface area contributed by atoms with Crippen LogP contribution in [0.3, 0.4) is 0 Å². The number of aromatic nitrogens is 1. The number of halogens is 3. The number of para-hydroxylation sites is 1. The largest absolute Gasteiger partial charge is 0.486 e. The van der Waals surface area contributed by atoms with E-state index in [1.807, 2.05) is 24.3 Å². The predicted octanol–water partition coefficient (Wildman–Crippen LogP) is 4.95. The molecule has 17 heavy (non-hydrogen) atoms. The van der Waals surface area contributed by atoms with Crippen LogP contribution in [0.25, 0.3) is 0 Å². The summed E-state index contributed by atoms with van der Waals surface area (Å²) in [5.74, 6) is 0.799. The van der Waals surface area contributed by atoms with E-state index in [1.165, 1.54) is 0 Å². The van der Waals surface area contributed by atoms with E-state index in [4.69, 9.17) is 4.74 Å². The summed E-state index contributed by atoms with van der Waals surface area (Å²) in [5, 5.41) is 0. The van der Waals surface area contributed by atoms with Gasteiger partial charge in [0.05, 0.1) is 8.95 Å². The van der Waals surface area contributed by atoms with Crippen LogP contribution in [-0.2, 0) is 6.61 Å². The van der Waals surface area contributed by atoms with Crippen LogP contribution in [0.15, 0.2) is 50.1 Å². The molecule has 1 aromatic carbocycles. The van der Waals surface area contributed by atoms with Gasteiger partial charge in [0.15, 0.2) is 0 Å². The smallest absolute Gasteiger partial charge is 0.148 e. The first-order valence-electron chi connectivity index (χ1n) is 4.83. The Bertz CT molecular complexity index is 511. The van der Waals surface area contributed by atoms with Crippen molar-refractivity contribution in [3.63, 3.8) is 0 Å². The lowest BCUT2D eigenvalue weighted by molar-refractivity contribution is 0.301. The number of hydrogen-bond donors (Lipinski definition) is 0. The van der Waals surface area contributed by atoms with Gasteiger partial charge in [-0.15, -0.1) is 0 Å². The van der Waals surface area contributed by atoms with Crippen molar-refractivity contribution in [1.29, 1.82) is 0 Å². The Morgan fingerprint density at radius 1 is 1.06 bits per heavy atom. The molecule has 0 aliphatic heterocycles. The molecule has 0 bridgehead atoms. The fourth-order valence-corrected chi connectivity index (χ4v) is 2.95. The third-order valence-corrected chi connectivity index (χ3v) is 3.75. The summed E-state index contributed by atoms with van der Waals surface area (Å²) in [6.07, 6.45) is 3.54. The zero-order chi connectivity index (χ0) is 12.3. The zero-order valence-electron chi connectivity index (χ0n) is 8.66. The van der Waals surface area contributed by atoms with Crippen LogP contribution in [-0.4, -0.2) is 4.98 Å². The molecule has 2 nitrogen and oxygen atoms in total. The summed E-state index contributed by atoms with van der Waals surface area (Å²) in [7, 11) is 0. The number of hydrogen-bond acceptors (Lipinski definition) is 2. The summed E-state index contributed by atoms with van der Waals surface area (Å²) in [5.41, 5.74) is 1.02. The summed E-state index contributed by atoms with van der Waals surface area (Å²) >= 11 is 10.3. The Hall–Kier alpha value is -0.390. The minimum absolute atomic E-state index is 0.480. The molecule has 0 unspecified atom stereocenters. The Morgan fingerprint density at radius 3 is 2.41 bits per heavy atom. The molecule has 0 radical (unpaired) electrons. The van der Waals surface area contributed by atoms with E-state index < -0.39 is 0 Å². The first kappa shape index (κ1) is 13.1.